The van der Waals surface area contributed by atoms with Crippen molar-refractivity contribution in [3.63, 3.8) is 0 Å². The smallest absolute Gasteiger partial charge is 0.191 e. The zero-order valence-corrected chi connectivity index (χ0v) is 18.1. The molecule has 7 heteroatoms. The zero-order valence-electron chi connectivity index (χ0n) is 18.1. The van der Waals surface area contributed by atoms with Gasteiger partial charge in [0.1, 0.15) is 0 Å². The minimum atomic E-state index is 0.148. The number of nitrogens with zero attached hydrogens (tertiary/aromatic N) is 3. The first kappa shape index (κ1) is 22.4. The Kier molecular flexibility index (Phi) is 9.29. The molecule has 0 atom stereocenters. The summed E-state index contributed by atoms with van der Waals surface area (Å²) in [6.07, 6.45) is 4.73. The maximum absolute atomic E-state index is 5.67. The van der Waals surface area contributed by atoms with Crippen LogP contribution in [0.4, 0.5) is 0 Å². The zero-order chi connectivity index (χ0) is 19.7. The lowest BCUT2D eigenvalue weighted by Crippen LogP contribution is -2.58. The van der Waals surface area contributed by atoms with Crippen molar-refractivity contribution in [3.05, 3.63) is 0 Å². The van der Waals surface area contributed by atoms with E-state index in [1.165, 1.54) is 0 Å². The first-order chi connectivity index (χ1) is 12.9. The van der Waals surface area contributed by atoms with Gasteiger partial charge in [0.2, 0.25) is 0 Å². The second-order valence-corrected chi connectivity index (χ2v) is 8.34. The van der Waals surface area contributed by atoms with Gasteiger partial charge in [-0.3, -0.25) is 4.99 Å². The van der Waals surface area contributed by atoms with Gasteiger partial charge in [-0.15, -0.1) is 0 Å². The van der Waals surface area contributed by atoms with Crippen molar-refractivity contribution in [1.82, 2.24) is 20.4 Å². The normalized spacial score (nSPS) is 22.4. The van der Waals surface area contributed by atoms with Gasteiger partial charge in [-0.1, -0.05) is 0 Å². The highest BCUT2D eigenvalue weighted by Gasteiger charge is 2.35. The summed E-state index contributed by atoms with van der Waals surface area (Å²) in [5.41, 5.74) is 0.148. The Hall–Kier alpha value is -0.890. The number of likely N-dealkylation sites (N-methyl/N-ethyl adjacent to an activating group) is 1. The second-order valence-electron chi connectivity index (χ2n) is 8.34. The summed E-state index contributed by atoms with van der Waals surface area (Å²) in [6, 6.07) is 0.489. The minimum absolute atomic E-state index is 0.148. The van der Waals surface area contributed by atoms with Gasteiger partial charge in [0.05, 0.1) is 12.7 Å². The summed E-state index contributed by atoms with van der Waals surface area (Å²) in [4.78, 5) is 9.30. The van der Waals surface area contributed by atoms with Crippen molar-refractivity contribution >= 4 is 5.96 Å². The van der Waals surface area contributed by atoms with Crippen molar-refractivity contribution in [3.8, 4) is 0 Å². The quantitative estimate of drug-likeness (QED) is 0.484. The van der Waals surface area contributed by atoms with Crippen molar-refractivity contribution in [2.75, 3.05) is 67.1 Å². The molecule has 0 aromatic rings. The number of nitrogens with one attached hydrogen (secondary N) is 2. The van der Waals surface area contributed by atoms with Crippen LogP contribution in [0.15, 0.2) is 4.99 Å². The molecule has 0 amide bonds. The van der Waals surface area contributed by atoms with Crippen molar-refractivity contribution in [2.45, 2.75) is 57.2 Å². The molecule has 2 aliphatic rings. The fourth-order valence-electron chi connectivity index (χ4n) is 3.89. The summed E-state index contributed by atoms with van der Waals surface area (Å²) in [5, 5.41) is 7.20. The molecule has 158 valence electrons. The molecular formula is C20H41N5O2. The highest BCUT2D eigenvalue weighted by atomic mass is 16.5. The van der Waals surface area contributed by atoms with Gasteiger partial charge < -0.3 is 29.9 Å². The van der Waals surface area contributed by atoms with Gasteiger partial charge in [-0.05, 0) is 53.6 Å². The molecule has 0 spiro atoms. The second kappa shape index (κ2) is 11.2. The molecule has 0 aliphatic carbocycles. The molecule has 0 radical (unpaired) electrons. The van der Waals surface area contributed by atoms with E-state index in [-0.39, 0.29) is 5.54 Å². The summed E-state index contributed by atoms with van der Waals surface area (Å²) in [7, 11) is 6.20. The molecule has 2 rings (SSSR count). The molecule has 2 saturated heterocycles. The van der Waals surface area contributed by atoms with E-state index in [9.17, 15) is 0 Å². The van der Waals surface area contributed by atoms with Gasteiger partial charge in [0, 0.05) is 58.0 Å². The minimum Gasteiger partial charge on any atom is -0.381 e. The third kappa shape index (κ3) is 7.22. The largest absolute Gasteiger partial charge is 0.381 e. The van der Waals surface area contributed by atoms with Crippen molar-refractivity contribution < 1.29 is 9.47 Å². The van der Waals surface area contributed by atoms with Crippen LogP contribution in [0.5, 0.6) is 0 Å². The number of rotatable bonds is 8. The average molecular weight is 384 g/mol. The van der Waals surface area contributed by atoms with Crippen LogP contribution < -0.4 is 10.6 Å². The molecule has 2 heterocycles. The lowest BCUT2D eigenvalue weighted by atomic mass is 9.88. The topological polar surface area (TPSA) is 61.4 Å². The molecule has 2 fully saturated rings. The molecule has 0 bridgehead atoms. The van der Waals surface area contributed by atoms with Gasteiger partial charge >= 0.3 is 0 Å². The Labute approximate surface area is 165 Å². The lowest BCUT2D eigenvalue weighted by molar-refractivity contribution is -0.00504. The maximum Gasteiger partial charge on any atom is 0.191 e. The van der Waals surface area contributed by atoms with Crippen LogP contribution in [0.2, 0.25) is 0 Å². The van der Waals surface area contributed by atoms with Crippen LogP contribution in [0.3, 0.4) is 0 Å². The molecule has 0 unspecified atom stereocenters. The predicted octanol–water partition coefficient (Wildman–Crippen LogP) is 1.15. The summed E-state index contributed by atoms with van der Waals surface area (Å²) in [6.45, 7) is 10.9. The molecule has 0 aromatic carbocycles. The third-order valence-corrected chi connectivity index (χ3v) is 5.97. The van der Waals surface area contributed by atoms with Gasteiger partial charge in [-0.2, -0.15) is 0 Å². The Morgan fingerprint density at radius 3 is 2.48 bits per heavy atom. The third-order valence-electron chi connectivity index (χ3n) is 5.97. The summed E-state index contributed by atoms with van der Waals surface area (Å²) < 4.78 is 11.2. The van der Waals surface area contributed by atoms with Gasteiger partial charge in [0.15, 0.2) is 5.96 Å². The highest BCUT2D eigenvalue weighted by molar-refractivity contribution is 5.80. The lowest BCUT2D eigenvalue weighted by Gasteiger charge is -2.43. The molecule has 2 aliphatic heterocycles. The Morgan fingerprint density at radius 1 is 1.26 bits per heavy atom. The fraction of sp³-hybridized carbons (Fsp3) is 0.950. The van der Waals surface area contributed by atoms with Crippen LogP contribution in [0, 0.1) is 0 Å². The van der Waals surface area contributed by atoms with Crippen LogP contribution in [0.25, 0.3) is 0 Å². The summed E-state index contributed by atoms with van der Waals surface area (Å²) in [5.74, 6) is 0.921. The van der Waals surface area contributed by atoms with Crippen LogP contribution in [-0.2, 0) is 9.47 Å². The van der Waals surface area contributed by atoms with Crippen molar-refractivity contribution in [1.29, 1.82) is 0 Å². The Bertz CT molecular complexity index is 442. The summed E-state index contributed by atoms with van der Waals surface area (Å²) >= 11 is 0. The van der Waals surface area contributed by atoms with E-state index >= 15 is 0 Å². The molecule has 7 nitrogen and oxygen atoms in total. The maximum atomic E-state index is 5.67. The van der Waals surface area contributed by atoms with E-state index in [2.05, 4.69) is 53.4 Å². The SMILES string of the molecule is CN=C(NCC1(N(C)C)CCOCC1)NC1CCN(CCOC(C)C)CC1. The standard InChI is InChI=1S/C20H41N5O2/c1-17(2)27-15-12-25-10-6-18(7-11-25)23-19(21-3)22-16-20(24(4)5)8-13-26-14-9-20/h17-18H,6-16H2,1-5H3,(H2,21,22,23). The van der Waals surface area contributed by atoms with E-state index < -0.39 is 0 Å². The molecular weight excluding hydrogens is 342 g/mol. The number of ether oxygens (including phenoxy) is 2. The average Bonchev–Trinajstić information content (AvgIpc) is 2.66. The van der Waals surface area contributed by atoms with Crippen molar-refractivity contribution in [2.24, 2.45) is 4.99 Å². The molecule has 0 saturated carbocycles. The first-order valence-electron chi connectivity index (χ1n) is 10.5. The number of aliphatic imine (C=N–C) groups is 1. The highest BCUT2D eigenvalue weighted by Crippen LogP contribution is 2.25. The van der Waals surface area contributed by atoms with Crippen LogP contribution >= 0.6 is 0 Å². The molecule has 2 N–H and O–H groups in total. The molecule has 0 aromatic heterocycles. The van der Waals surface area contributed by atoms with E-state index in [1.54, 1.807) is 0 Å². The number of hydrogen-bond donors (Lipinski definition) is 2. The van der Waals surface area contributed by atoms with Crippen LogP contribution in [0.1, 0.15) is 39.5 Å². The van der Waals surface area contributed by atoms with E-state index in [1.807, 2.05) is 7.05 Å². The number of likely N-dealkylation sites (tertiary alicyclic amines) is 1. The van der Waals surface area contributed by atoms with Gasteiger partial charge in [-0.25, -0.2) is 0 Å². The van der Waals surface area contributed by atoms with E-state index in [0.29, 0.717) is 12.1 Å². The predicted molar refractivity (Wildman–Crippen MR) is 112 cm³/mol. The van der Waals surface area contributed by atoms with Gasteiger partial charge in [0.25, 0.3) is 0 Å². The van der Waals surface area contributed by atoms with E-state index in [4.69, 9.17) is 9.47 Å². The van der Waals surface area contributed by atoms with Crippen LogP contribution in [-0.4, -0.2) is 101 Å². The number of guanidine groups is 1. The molecule has 27 heavy (non-hydrogen) atoms. The monoisotopic (exact) mass is 383 g/mol. The Balaban J connectivity index is 1.72. The first-order valence-corrected chi connectivity index (χ1v) is 10.5. The number of piperidine rings is 1. The van der Waals surface area contributed by atoms with E-state index in [0.717, 1.165) is 77.6 Å². The Morgan fingerprint density at radius 2 is 1.93 bits per heavy atom. The number of hydrogen-bond acceptors (Lipinski definition) is 5. The fourth-order valence-corrected chi connectivity index (χ4v) is 3.89.